The number of methoxy groups -OCH3 is 1. The number of hydrogen-bond acceptors (Lipinski definition) is 6. The number of anilines is 2. The van der Waals surface area contributed by atoms with Gasteiger partial charge in [0.2, 0.25) is 5.95 Å². The summed E-state index contributed by atoms with van der Waals surface area (Å²) in [5, 5.41) is 9.66. The van der Waals surface area contributed by atoms with E-state index < -0.39 is 0 Å². The average Bonchev–Trinajstić information content (AvgIpc) is 3.23. The molecule has 4 rings (SSSR count). The van der Waals surface area contributed by atoms with Gasteiger partial charge in [-0.3, -0.25) is 9.55 Å². The summed E-state index contributed by atoms with van der Waals surface area (Å²) in [5.41, 5.74) is 2.15. The molecular formula is C17H17N5OS. The summed E-state index contributed by atoms with van der Waals surface area (Å²) in [4.78, 5) is 6.53. The van der Waals surface area contributed by atoms with Crippen molar-refractivity contribution in [2.45, 2.75) is 17.5 Å². The van der Waals surface area contributed by atoms with E-state index in [1.807, 2.05) is 48.7 Å². The van der Waals surface area contributed by atoms with Crippen LogP contribution in [0.25, 0.3) is 0 Å². The molecule has 3 aromatic rings. The summed E-state index contributed by atoms with van der Waals surface area (Å²) in [6, 6.07) is 14.0. The predicted molar refractivity (Wildman–Crippen MR) is 93.8 cm³/mol. The first-order chi connectivity index (χ1) is 11.8. The fraction of sp³-hybridized carbons (Fsp3) is 0.235. The summed E-state index contributed by atoms with van der Waals surface area (Å²) in [6.07, 6.45) is 1.82. The van der Waals surface area contributed by atoms with E-state index in [4.69, 9.17) is 4.74 Å². The molecular weight excluding hydrogens is 322 g/mol. The number of nitrogens with zero attached hydrogens (tertiary/aromatic N) is 5. The quantitative estimate of drug-likeness (QED) is 0.666. The van der Waals surface area contributed by atoms with Crippen LogP contribution in [0.3, 0.4) is 0 Å². The fourth-order valence-corrected chi connectivity index (χ4v) is 3.59. The Morgan fingerprint density at radius 2 is 1.96 bits per heavy atom. The Hall–Kier alpha value is -2.54. The van der Waals surface area contributed by atoms with E-state index in [1.165, 1.54) is 0 Å². The number of fused-ring (bicyclic) bond motifs is 1. The second-order valence-corrected chi connectivity index (χ2v) is 6.34. The highest BCUT2D eigenvalue weighted by atomic mass is 32.2. The van der Waals surface area contributed by atoms with Gasteiger partial charge in [-0.05, 0) is 36.4 Å². The minimum absolute atomic E-state index is 0.793. The van der Waals surface area contributed by atoms with Gasteiger partial charge in [-0.1, -0.05) is 17.8 Å². The zero-order valence-corrected chi connectivity index (χ0v) is 14.1. The van der Waals surface area contributed by atoms with Gasteiger partial charge in [0.1, 0.15) is 5.75 Å². The van der Waals surface area contributed by atoms with Gasteiger partial charge >= 0.3 is 0 Å². The van der Waals surface area contributed by atoms with Gasteiger partial charge < -0.3 is 9.64 Å². The first kappa shape index (κ1) is 15.0. The molecule has 0 unspecified atom stereocenters. The molecule has 3 heterocycles. The van der Waals surface area contributed by atoms with Crippen LogP contribution in [-0.4, -0.2) is 33.4 Å². The van der Waals surface area contributed by atoms with Crippen molar-refractivity contribution in [3.63, 3.8) is 0 Å². The first-order valence-corrected chi connectivity index (χ1v) is 8.71. The molecule has 0 aliphatic carbocycles. The van der Waals surface area contributed by atoms with Gasteiger partial charge in [0.15, 0.2) is 5.16 Å². The van der Waals surface area contributed by atoms with Crippen LogP contribution in [0, 0.1) is 0 Å². The van der Waals surface area contributed by atoms with E-state index in [0.717, 1.165) is 47.1 Å². The number of rotatable bonds is 5. The summed E-state index contributed by atoms with van der Waals surface area (Å²) in [5.74, 6) is 2.54. The lowest BCUT2D eigenvalue weighted by Gasteiger charge is -2.15. The van der Waals surface area contributed by atoms with Crippen LogP contribution in [-0.2, 0) is 12.3 Å². The Morgan fingerprint density at radius 1 is 1.08 bits per heavy atom. The van der Waals surface area contributed by atoms with E-state index in [0.29, 0.717) is 0 Å². The molecule has 1 aliphatic rings. The molecule has 0 amide bonds. The molecule has 122 valence electrons. The molecule has 0 fully saturated rings. The van der Waals surface area contributed by atoms with Crippen LogP contribution in [0.5, 0.6) is 5.75 Å². The van der Waals surface area contributed by atoms with Crippen LogP contribution in [0.2, 0.25) is 0 Å². The van der Waals surface area contributed by atoms with Crippen molar-refractivity contribution in [3.8, 4) is 5.75 Å². The zero-order valence-electron chi connectivity index (χ0n) is 13.3. The molecule has 1 aliphatic heterocycles. The number of ether oxygens (including phenoxy) is 1. The minimum atomic E-state index is 0.793. The summed E-state index contributed by atoms with van der Waals surface area (Å²) < 4.78 is 7.38. The third-order valence-corrected chi connectivity index (χ3v) is 4.95. The molecule has 2 aromatic heterocycles. The van der Waals surface area contributed by atoms with E-state index in [1.54, 1.807) is 18.9 Å². The number of aromatic nitrogens is 4. The standard InChI is InChI=1S/C17H17N5OS/c1-23-15-7-5-14(6-8-15)21-10-11-22-16(21)19-20-17(22)24-12-13-4-2-3-9-18-13/h2-9H,10-12H2,1H3. The molecule has 7 heteroatoms. The second-order valence-electron chi connectivity index (χ2n) is 5.39. The molecule has 1 aromatic carbocycles. The molecule has 24 heavy (non-hydrogen) atoms. The van der Waals surface area contributed by atoms with Gasteiger partial charge in [0.25, 0.3) is 0 Å². The molecule has 0 N–H and O–H groups in total. The molecule has 0 atom stereocenters. The molecule has 6 nitrogen and oxygen atoms in total. The van der Waals surface area contributed by atoms with E-state index in [-0.39, 0.29) is 0 Å². The maximum absolute atomic E-state index is 5.22. The minimum Gasteiger partial charge on any atom is -0.497 e. The topological polar surface area (TPSA) is 56.1 Å². The summed E-state index contributed by atoms with van der Waals surface area (Å²) >= 11 is 1.67. The zero-order chi connectivity index (χ0) is 16.4. The Labute approximate surface area is 144 Å². The normalized spacial score (nSPS) is 13.1. The number of benzene rings is 1. The number of pyridine rings is 1. The van der Waals surface area contributed by atoms with Crippen molar-refractivity contribution in [3.05, 3.63) is 54.4 Å². The number of thioether (sulfide) groups is 1. The molecule has 0 spiro atoms. The van der Waals surface area contributed by atoms with Gasteiger partial charge in [0.05, 0.1) is 12.8 Å². The first-order valence-electron chi connectivity index (χ1n) is 7.72. The molecule has 0 saturated heterocycles. The highest BCUT2D eigenvalue weighted by molar-refractivity contribution is 7.98. The van der Waals surface area contributed by atoms with Crippen molar-refractivity contribution >= 4 is 23.4 Å². The van der Waals surface area contributed by atoms with Crippen LogP contribution in [0.1, 0.15) is 5.69 Å². The van der Waals surface area contributed by atoms with Crippen molar-refractivity contribution in [2.75, 3.05) is 18.6 Å². The fourth-order valence-electron chi connectivity index (χ4n) is 2.71. The lowest BCUT2D eigenvalue weighted by molar-refractivity contribution is 0.415. The highest BCUT2D eigenvalue weighted by Gasteiger charge is 2.26. The third-order valence-electron chi connectivity index (χ3n) is 3.95. The largest absolute Gasteiger partial charge is 0.497 e. The monoisotopic (exact) mass is 339 g/mol. The Morgan fingerprint density at radius 3 is 2.71 bits per heavy atom. The summed E-state index contributed by atoms with van der Waals surface area (Å²) in [7, 11) is 1.67. The predicted octanol–water partition coefficient (Wildman–Crippen LogP) is 3.13. The Bertz CT molecular complexity index is 819. The summed E-state index contributed by atoms with van der Waals surface area (Å²) in [6.45, 7) is 1.78. The third kappa shape index (κ3) is 2.82. The van der Waals surface area contributed by atoms with Crippen LogP contribution < -0.4 is 9.64 Å². The van der Waals surface area contributed by atoms with Crippen molar-refractivity contribution in [1.82, 2.24) is 19.7 Å². The Balaban J connectivity index is 1.51. The van der Waals surface area contributed by atoms with Gasteiger partial charge in [-0.15, -0.1) is 10.2 Å². The maximum Gasteiger partial charge on any atom is 0.232 e. The van der Waals surface area contributed by atoms with Gasteiger partial charge in [0, 0.05) is 30.7 Å². The Kier molecular flexibility index (Phi) is 4.08. The van der Waals surface area contributed by atoms with Gasteiger partial charge in [-0.2, -0.15) is 0 Å². The van der Waals surface area contributed by atoms with E-state index in [9.17, 15) is 0 Å². The average molecular weight is 339 g/mol. The van der Waals surface area contributed by atoms with Crippen LogP contribution in [0.4, 0.5) is 11.6 Å². The maximum atomic E-state index is 5.22. The molecule has 0 saturated carbocycles. The van der Waals surface area contributed by atoms with Gasteiger partial charge in [-0.25, -0.2) is 0 Å². The van der Waals surface area contributed by atoms with E-state index in [2.05, 4.69) is 24.6 Å². The van der Waals surface area contributed by atoms with Crippen molar-refractivity contribution in [1.29, 1.82) is 0 Å². The number of hydrogen-bond donors (Lipinski definition) is 0. The lowest BCUT2D eigenvalue weighted by atomic mass is 10.3. The van der Waals surface area contributed by atoms with Crippen molar-refractivity contribution in [2.24, 2.45) is 0 Å². The SMILES string of the molecule is COc1ccc(N2CCn3c(SCc4ccccn4)nnc32)cc1. The van der Waals surface area contributed by atoms with E-state index >= 15 is 0 Å². The molecule has 0 bridgehead atoms. The van der Waals surface area contributed by atoms with Crippen molar-refractivity contribution < 1.29 is 4.74 Å². The highest BCUT2D eigenvalue weighted by Crippen LogP contribution is 2.33. The second kappa shape index (κ2) is 6.52. The molecule has 0 radical (unpaired) electrons. The van der Waals surface area contributed by atoms with Crippen LogP contribution in [0.15, 0.2) is 53.8 Å². The van der Waals surface area contributed by atoms with Crippen LogP contribution >= 0.6 is 11.8 Å². The lowest BCUT2D eigenvalue weighted by Crippen LogP contribution is -2.14. The smallest absolute Gasteiger partial charge is 0.232 e.